The Morgan fingerprint density at radius 1 is 1.22 bits per heavy atom. The number of nitrogens with zero attached hydrogens (tertiary/aromatic N) is 2. The van der Waals surface area contributed by atoms with Crippen LogP contribution in [-0.2, 0) is 4.79 Å². The van der Waals surface area contributed by atoms with Gasteiger partial charge in [0.15, 0.2) is 0 Å². The van der Waals surface area contributed by atoms with Crippen molar-refractivity contribution in [2.75, 3.05) is 18.2 Å². The van der Waals surface area contributed by atoms with Crippen LogP contribution in [0.3, 0.4) is 0 Å². The van der Waals surface area contributed by atoms with Crippen molar-refractivity contribution >= 4 is 23.4 Å². The maximum atomic E-state index is 12.1. The predicted molar refractivity (Wildman–Crippen MR) is 106 cm³/mol. The van der Waals surface area contributed by atoms with Crippen molar-refractivity contribution in [3.63, 3.8) is 0 Å². The van der Waals surface area contributed by atoms with Crippen molar-refractivity contribution in [1.82, 2.24) is 10.1 Å². The SMILES string of the molecule is COc1cccc(NC(=O)CSc2nc(-c3ccc(C(C)C)cc3)no2)c1. The molecule has 0 unspecified atom stereocenters. The average molecular weight is 383 g/mol. The maximum absolute atomic E-state index is 12.1. The summed E-state index contributed by atoms with van der Waals surface area (Å²) < 4.78 is 10.4. The summed E-state index contributed by atoms with van der Waals surface area (Å²) >= 11 is 1.20. The van der Waals surface area contributed by atoms with Crippen molar-refractivity contribution in [3.05, 3.63) is 54.1 Å². The molecule has 1 amide bonds. The van der Waals surface area contributed by atoms with Gasteiger partial charge in [-0.2, -0.15) is 4.98 Å². The third-order valence-corrected chi connectivity index (χ3v) is 4.74. The van der Waals surface area contributed by atoms with E-state index in [1.807, 2.05) is 24.3 Å². The van der Waals surface area contributed by atoms with Crippen molar-refractivity contribution in [1.29, 1.82) is 0 Å². The molecule has 0 aliphatic rings. The highest BCUT2D eigenvalue weighted by Gasteiger charge is 2.12. The molecule has 1 N–H and O–H groups in total. The minimum absolute atomic E-state index is 0.158. The molecule has 7 heteroatoms. The second-order valence-electron chi connectivity index (χ2n) is 6.23. The van der Waals surface area contributed by atoms with E-state index < -0.39 is 0 Å². The molecule has 0 fully saturated rings. The van der Waals surface area contributed by atoms with Crippen LogP contribution in [0.2, 0.25) is 0 Å². The smallest absolute Gasteiger partial charge is 0.286 e. The lowest BCUT2D eigenvalue weighted by atomic mass is 10.0. The highest BCUT2D eigenvalue weighted by Crippen LogP contribution is 2.24. The van der Waals surface area contributed by atoms with E-state index in [4.69, 9.17) is 9.26 Å². The zero-order valence-electron chi connectivity index (χ0n) is 15.4. The molecule has 3 rings (SSSR count). The van der Waals surface area contributed by atoms with Crippen LogP contribution < -0.4 is 10.1 Å². The molecular formula is C20H21N3O3S. The molecule has 0 aliphatic carbocycles. The van der Waals surface area contributed by atoms with Gasteiger partial charge in [0.2, 0.25) is 11.7 Å². The van der Waals surface area contributed by atoms with Crippen LogP contribution in [0.5, 0.6) is 5.75 Å². The van der Waals surface area contributed by atoms with Gasteiger partial charge < -0.3 is 14.6 Å². The fourth-order valence-corrected chi connectivity index (χ4v) is 3.00. The van der Waals surface area contributed by atoms with Gasteiger partial charge in [0.1, 0.15) is 5.75 Å². The van der Waals surface area contributed by atoms with Crippen LogP contribution in [0, 0.1) is 0 Å². The molecule has 140 valence electrons. The van der Waals surface area contributed by atoms with E-state index in [-0.39, 0.29) is 11.7 Å². The predicted octanol–water partition coefficient (Wildman–Crippen LogP) is 4.60. The first-order valence-corrected chi connectivity index (χ1v) is 9.54. The average Bonchev–Trinajstić information content (AvgIpc) is 3.15. The molecule has 3 aromatic rings. The third-order valence-electron chi connectivity index (χ3n) is 3.92. The Morgan fingerprint density at radius 2 is 2.00 bits per heavy atom. The lowest BCUT2D eigenvalue weighted by molar-refractivity contribution is -0.113. The number of aromatic nitrogens is 2. The molecule has 0 aliphatic heterocycles. The number of amides is 1. The van der Waals surface area contributed by atoms with E-state index >= 15 is 0 Å². The maximum Gasteiger partial charge on any atom is 0.286 e. The Hall–Kier alpha value is -2.80. The summed E-state index contributed by atoms with van der Waals surface area (Å²) in [5, 5.41) is 7.16. The Balaban J connectivity index is 1.56. The number of hydrogen-bond donors (Lipinski definition) is 1. The second kappa shape index (κ2) is 8.73. The number of carbonyl (C=O) groups is 1. The molecule has 0 saturated carbocycles. The molecule has 2 aromatic carbocycles. The van der Waals surface area contributed by atoms with Crippen molar-refractivity contribution in [3.8, 4) is 17.1 Å². The summed E-state index contributed by atoms with van der Waals surface area (Å²) in [5.41, 5.74) is 2.82. The van der Waals surface area contributed by atoms with Crippen LogP contribution in [0.15, 0.2) is 58.3 Å². The number of carbonyl (C=O) groups excluding carboxylic acids is 1. The molecule has 0 atom stereocenters. The highest BCUT2D eigenvalue weighted by molar-refractivity contribution is 7.99. The standard InChI is InChI=1S/C20H21N3O3S/c1-13(2)14-7-9-15(10-8-14)19-22-20(26-23-19)27-12-18(24)21-16-5-4-6-17(11-16)25-3/h4-11,13H,12H2,1-3H3,(H,21,24). The number of nitrogens with one attached hydrogen (secondary N) is 1. The molecule has 0 bridgehead atoms. The Kier molecular flexibility index (Phi) is 6.13. The van der Waals surface area contributed by atoms with Gasteiger partial charge in [-0.05, 0) is 23.6 Å². The van der Waals surface area contributed by atoms with Gasteiger partial charge in [-0.3, -0.25) is 4.79 Å². The monoisotopic (exact) mass is 383 g/mol. The van der Waals surface area contributed by atoms with Gasteiger partial charge in [0, 0.05) is 17.3 Å². The summed E-state index contributed by atoms with van der Waals surface area (Å²) in [6, 6.07) is 15.3. The van der Waals surface area contributed by atoms with E-state index in [0.717, 1.165) is 5.56 Å². The van der Waals surface area contributed by atoms with Crippen LogP contribution in [0.25, 0.3) is 11.4 Å². The molecule has 0 spiro atoms. The van der Waals surface area contributed by atoms with E-state index in [2.05, 4.69) is 41.4 Å². The fraction of sp³-hybridized carbons (Fsp3) is 0.250. The number of methoxy groups -OCH3 is 1. The van der Waals surface area contributed by atoms with E-state index in [1.54, 1.807) is 19.2 Å². The van der Waals surface area contributed by atoms with Gasteiger partial charge in [-0.25, -0.2) is 0 Å². The first-order valence-electron chi connectivity index (χ1n) is 8.56. The molecule has 1 aromatic heterocycles. The van der Waals surface area contributed by atoms with E-state index in [0.29, 0.717) is 28.4 Å². The summed E-state index contributed by atoms with van der Waals surface area (Å²) in [4.78, 5) is 16.4. The Morgan fingerprint density at radius 3 is 2.70 bits per heavy atom. The molecule has 0 saturated heterocycles. The van der Waals surface area contributed by atoms with Crippen LogP contribution >= 0.6 is 11.8 Å². The first-order chi connectivity index (χ1) is 13.0. The van der Waals surface area contributed by atoms with E-state index in [1.165, 1.54) is 17.3 Å². The summed E-state index contributed by atoms with van der Waals surface area (Å²) in [5.74, 6) is 1.69. The number of thioether (sulfide) groups is 1. The lowest BCUT2D eigenvalue weighted by Gasteiger charge is -2.05. The molecular weight excluding hydrogens is 362 g/mol. The number of benzene rings is 2. The number of ether oxygens (including phenoxy) is 1. The number of hydrogen-bond acceptors (Lipinski definition) is 6. The van der Waals surface area contributed by atoms with Gasteiger partial charge in [-0.1, -0.05) is 61.1 Å². The number of rotatable bonds is 7. The minimum Gasteiger partial charge on any atom is -0.497 e. The zero-order chi connectivity index (χ0) is 19.2. The zero-order valence-corrected chi connectivity index (χ0v) is 16.2. The molecule has 6 nitrogen and oxygen atoms in total. The quantitative estimate of drug-likeness (QED) is 0.601. The number of anilines is 1. The highest BCUT2D eigenvalue weighted by atomic mass is 32.2. The normalized spacial score (nSPS) is 10.8. The van der Waals surface area contributed by atoms with Crippen LogP contribution in [-0.4, -0.2) is 28.9 Å². The molecule has 27 heavy (non-hydrogen) atoms. The molecule has 0 radical (unpaired) electrons. The van der Waals surface area contributed by atoms with Gasteiger partial charge in [-0.15, -0.1) is 0 Å². The summed E-state index contributed by atoms with van der Waals surface area (Å²) in [6.45, 7) is 4.29. The fourth-order valence-electron chi connectivity index (χ4n) is 2.43. The van der Waals surface area contributed by atoms with Gasteiger partial charge >= 0.3 is 0 Å². The summed E-state index contributed by atoms with van der Waals surface area (Å²) in [6.07, 6.45) is 0. The lowest BCUT2D eigenvalue weighted by Crippen LogP contribution is -2.13. The van der Waals surface area contributed by atoms with Crippen molar-refractivity contribution in [2.45, 2.75) is 25.0 Å². The Labute approximate surface area is 162 Å². The first kappa shape index (κ1) is 19.0. The van der Waals surface area contributed by atoms with E-state index in [9.17, 15) is 4.79 Å². The summed E-state index contributed by atoms with van der Waals surface area (Å²) in [7, 11) is 1.58. The molecule has 1 heterocycles. The van der Waals surface area contributed by atoms with Crippen LogP contribution in [0.4, 0.5) is 5.69 Å². The Bertz CT molecular complexity index is 907. The topological polar surface area (TPSA) is 77.2 Å². The third kappa shape index (κ3) is 5.10. The van der Waals surface area contributed by atoms with Crippen molar-refractivity contribution < 1.29 is 14.1 Å². The van der Waals surface area contributed by atoms with Crippen LogP contribution in [0.1, 0.15) is 25.3 Å². The largest absolute Gasteiger partial charge is 0.497 e. The van der Waals surface area contributed by atoms with Gasteiger partial charge in [0.25, 0.3) is 5.22 Å². The minimum atomic E-state index is -0.158. The second-order valence-corrected chi connectivity index (χ2v) is 7.16. The van der Waals surface area contributed by atoms with Gasteiger partial charge in [0.05, 0.1) is 12.9 Å². The van der Waals surface area contributed by atoms with Crippen molar-refractivity contribution in [2.24, 2.45) is 0 Å².